The van der Waals surface area contributed by atoms with Gasteiger partial charge in [-0.1, -0.05) is 41.9 Å². The number of fused-ring (bicyclic) bond motifs is 1. The molecule has 4 rings (SSSR count). The molecule has 6 heteroatoms. The van der Waals surface area contributed by atoms with Gasteiger partial charge in [-0.15, -0.1) is 0 Å². The molecule has 144 valence electrons. The van der Waals surface area contributed by atoms with Gasteiger partial charge < -0.3 is 10.1 Å². The van der Waals surface area contributed by atoms with Gasteiger partial charge in [-0.25, -0.2) is 14.8 Å². The van der Waals surface area contributed by atoms with E-state index in [-0.39, 0.29) is 5.97 Å². The molecule has 0 aliphatic carbocycles. The van der Waals surface area contributed by atoms with Gasteiger partial charge in [-0.3, -0.25) is 0 Å². The predicted octanol–water partition coefficient (Wildman–Crippen LogP) is 5.87. The average molecular weight is 404 g/mol. The van der Waals surface area contributed by atoms with E-state index in [9.17, 15) is 4.79 Å². The number of esters is 1. The van der Waals surface area contributed by atoms with Crippen molar-refractivity contribution in [3.05, 3.63) is 83.4 Å². The van der Waals surface area contributed by atoms with Crippen molar-refractivity contribution in [1.29, 1.82) is 0 Å². The number of aromatic nitrogens is 2. The fourth-order valence-electron chi connectivity index (χ4n) is 3.01. The van der Waals surface area contributed by atoms with E-state index in [1.54, 1.807) is 31.2 Å². The maximum Gasteiger partial charge on any atom is 0.338 e. The number of carbonyl (C=O) groups excluding carboxylic acids is 1. The fraction of sp³-hybridized carbons (Fsp3) is 0.0870. The van der Waals surface area contributed by atoms with E-state index in [0.29, 0.717) is 23.1 Å². The van der Waals surface area contributed by atoms with Crippen molar-refractivity contribution in [2.45, 2.75) is 6.92 Å². The van der Waals surface area contributed by atoms with Crippen molar-refractivity contribution < 1.29 is 9.53 Å². The van der Waals surface area contributed by atoms with Crippen LogP contribution in [-0.2, 0) is 4.74 Å². The highest BCUT2D eigenvalue weighted by Crippen LogP contribution is 2.30. The summed E-state index contributed by atoms with van der Waals surface area (Å²) >= 11 is 6.20. The molecule has 4 aromatic rings. The lowest BCUT2D eigenvalue weighted by molar-refractivity contribution is 0.0526. The highest BCUT2D eigenvalue weighted by atomic mass is 35.5. The molecule has 1 N–H and O–H groups in total. The van der Waals surface area contributed by atoms with Crippen LogP contribution in [0.15, 0.2) is 72.8 Å². The van der Waals surface area contributed by atoms with Crippen LogP contribution in [-0.4, -0.2) is 22.5 Å². The van der Waals surface area contributed by atoms with Crippen LogP contribution in [0.25, 0.3) is 22.2 Å². The number of benzene rings is 3. The molecule has 1 heterocycles. The first-order valence-corrected chi connectivity index (χ1v) is 9.59. The zero-order chi connectivity index (χ0) is 20.2. The van der Waals surface area contributed by atoms with Gasteiger partial charge in [0.15, 0.2) is 0 Å². The lowest BCUT2D eigenvalue weighted by atomic mass is 10.1. The Morgan fingerprint density at radius 2 is 1.76 bits per heavy atom. The van der Waals surface area contributed by atoms with Gasteiger partial charge in [0.1, 0.15) is 0 Å². The molecule has 0 atom stereocenters. The summed E-state index contributed by atoms with van der Waals surface area (Å²) in [6.45, 7) is 2.12. The summed E-state index contributed by atoms with van der Waals surface area (Å²) in [7, 11) is 0. The third kappa shape index (κ3) is 4.20. The molecule has 0 aliphatic rings. The van der Waals surface area contributed by atoms with Gasteiger partial charge >= 0.3 is 5.97 Å². The van der Waals surface area contributed by atoms with E-state index in [1.807, 2.05) is 48.5 Å². The summed E-state index contributed by atoms with van der Waals surface area (Å²) in [5.41, 5.74) is 3.82. The molecule has 1 aromatic heterocycles. The highest BCUT2D eigenvalue weighted by Gasteiger charge is 2.11. The first-order chi connectivity index (χ1) is 14.1. The molecule has 0 aliphatic heterocycles. The van der Waals surface area contributed by atoms with Crippen LogP contribution in [0, 0.1) is 0 Å². The second-order valence-electron chi connectivity index (χ2n) is 6.35. The summed E-state index contributed by atoms with van der Waals surface area (Å²) in [4.78, 5) is 21.1. The van der Waals surface area contributed by atoms with Crippen molar-refractivity contribution in [2.75, 3.05) is 11.9 Å². The molecule has 29 heavy (non-hydrogen) atoms. The fourth-order valence-corrected chi connectivity index (χ4v) is 3.18. The molecule has 0 spiro atoms. The molecule has 0 unspecified atom stereocenters. The lowest BCUT2D eigenvalue weighted by Crippen LogP contribution is -2.05. The van der Waals surface area contributed by atoms with Gasteiger partial charge in [0.2, 0.25) is 5.95 Å². The van der Waals surface area contributed by atoms with E-state index >= 15 is 0 Å². The summed E-state index contributed by atoms with van der Waals surface area (Å²) in [6.07, 6.45) is 0. The van der Waals surface area contributed by atoms with Gasteiger partial charge in [0.25, 0.3) is 0 Å². The van der Waals surface area contributed by atoms with Crippen molar-refractivity contribution in [2.24, 2.45) is 0 Å². The average Bonchev–Trinajstić information content (AvgIpc) is 2.75. The second-order valence-corrected chi connectivity index (χ2v) is 6.78. The minimum atomic E-state index is -0.343. The summed E-state index contributed by atoms with van der Waals surface area (Å²) in [5, 5.41) is 4.73. The minimum Gasteiger partial charge on any atom is -0.462 e. The van der Waals surface area contributed by atoms with Crippen LogP contribution in [0.4, 0.5) is 11.6 Å². The van der Waals surface area contributed by atoms with Gasteiger partial charge in [0, 0.05) is 21.7 Å². The Morgan fingerprint density at radius 1 is 1.00 bits per heavy atom. The second kappa shape index (κ2) is 8.29. The van der Waals surface area contributed by atoms with Crippen LogP contribution in [0.2, 0.25) is 5.02 Å². The molecule has 0 saturated heterocycles. The number of carbonyl (C=O) groups is 1. The largest absolute Gasteiger partial charge is 0.462 e. The van der Waals surface area contributed by atoms with E-state index < -0.39 is 0 Å². The summed E-state index contributed by atoms with van der Waals surface area (Å²) in [5.74, 6) is 0.117. The number of anilines is 2. The molecule has 0 fully saturated rings. The maximum absolute atomic E-state index is 11.8. The van der Waals surface area contributed by atoms with Gasteiger partial charge in [-0.2, -0.15) is 0 Å². The van der Waals surface area contributed by atoms with Crippen LogP contribution in [0.1, 0.15) is 17.3 Å². The minimum absolute atomic E-state index is 0.343. The Bertz CT molecular complexity index is 1160. The Balaban J connectivity index is 1.71. The highest BCUT2D eigenvalue weighted by molar-refractivity contribution is 6.31. The van der Waals surface area contributed by atoms with Crippen LogP contribution in [0.5, 0.6) is 0 Å². The van der Waals surface area contributed by atoms with Crippen LogP contribution in [0.3, 0.4) is 0 Å². The van der Waals surface area contributed by atoms with E-state index in [1.165, 1.54) is 0 Å². The molecule has 0 radical (unpaired) electrons. The Labute approximate surface area is 173 Å². The molecule has 0 amide bonds. The molecule has 5 nitrogen and oxygen atoms in total. The van der Waals surface area contributed by atoms with E-state index in [4.69, 9.17) is 21.3 Å². The third-order valence-corrected chi connectivity index (χ3v) is 4.59. The van der Waals surface area contributed by atoms with E-state index in [2.05, 4.69) is 10.3 Å². The van der Waals surface area contributed by atoms with Gasteiger partial charge in [0.05, 0.1) is 23.4 Å². The molecule has 0 bridgehead atoms. The number of ether oxygens (including phenoxy) is 1. The smallest absolute Gasteiger partial charge is 0.338 e. The maximum atomic E-state index is 11.8. The Kier molecular flexibility index (Phi) is 5.40. The third-order valence-electron chi connectivity index (χ3n) is 4.36. The first kappa shape index (κ1) is 18.9. The normalized spacial score (nSPS) is 10.7. The molecule has 3 aromatic carbocycles. The summed E-state index contributed by atoms with van der Waals surface area (Å²) < 4.78 is 5.01. The topological polar surface area (TPSA) is 64.1 Å². The van der Waals surface area contributed by atoms with Crippen molar-refractivity contribution in [1.82, 2.24) is 9.97 Å². The first-order valence-electron chi connectivity index (χ1n) is 9.21. The van der Waals surface area contributed by atoms with Gasteiger partial charge in [-0.05, 0) is 49.4 Å². The lowest BCUT2D eigenvalue weighted by Gasteiger charge is -2.11. The Morgan fingerprint density at radius 3 is 2.48 bits per heavy atom. The number of hydrogen-bond acceptors (Lipinski definition) is 5. The van der Waals surface area contributed by atoms with Crippen molar-refractivity contribution >= 4 is 40.1 Å². The SMILES string of the molecule is CCOC(=O)c1ccc(Nc2nc(-c3ccccc3)c3cc(Cl)ccc3n2)cc1. The number of halogens is 1. The molecular formula is C23H18ClN3O2. The number of hydrogen-bond donors (Lipinski definition) is 1. The van der Waals surface area contributed by atoms with Crippen LogP contribution < -0.4 is 5.32 Å². The number of nitrogens with zero attached hydrogens (tertiary/aromatic N) is 2. The summed E-state index contributed by atoms with van der Waals surface area (Å²) in [6, 6.07) is 22.5. The number of nitrogens with one attached hydrogen (secondary N) is 1. The van der Waals surface area contributed by atoms with Crippen molar-refractivity contribution in [3.8, 4) is 11.3 Å². The predicted molar refractivity (Wildman–Crippen MR) is 116 cm³/mol. The van der Waals surface area contributed by atoms with Crippen LogP contribution >= 0.6 is 11.6 Å². The zero-order valence-corrected chi connectivity index (χ0v) is 16.5. The molecule has 0 saturated carbocycles. The quantitative estimate of drug-likeness (QED) is 0.422. The zero-order valence-electron chi connectivity index (χ0n) is 15.7. The Hall–Kier alpha value is -3.44. The van der Waals surface area contributed by atoms with E-state index in [0.717, 1.165) is 27.8 Å². The standard InChI is InChI=1S/C23H18ClN3O2/c1-2-29-22(28)16-8-11-18(12-9-16)25-23-26-20-13-10-17(24)14-19(20)21(27-23)15-6-4-3-5-7-15/h3-14H,2H2,1H3,(H,25,26,27). The molecular weight excluding hydrogens is 386 g/mol. The van der Waals surface area contributed by atoms with Crippen molar-refractivity contribution in [3.63, 3.8) is 0 Å². The number of rotatable bonds is 5. The monoisotopic (exact) mass is 403 g/mol.